The van der Waals surface area contributed by atoms with Crippen molar-refractivity contribution in [3.8, 4) is 0 Å². The molecule has 2 aromatic rings. The number of carbonyl (C=O) groups excluding carboxylic acids is 1. The number of nitrogens with zero attached hydrogens (tertiary/aromatic N) is 2. The second-order valence-electron chi connectivity index (χ2n) is 7.26. The molecule has 1 amide bonds. The molecule has 1 aromatic heterocycles. The number of halogens is 1. The van der Waals surface area contributed by atoms with Crippen LogP contribution in [0.4, 0.5) is 4.79 Å². The Morgan fingerprint density at radius 2 is 2.04 bits per heavy atom. The van der Waals surface area contributed by atoms with Gasteiger partial charge < -0.3 is 19.5 Å². The van der Waals surface area contributed by atoms with Crippen molar-refractivity contribution in [2.24, 2.45) is 0 Å². The van der Waals surface area contributed by atoms with Crippen LogP contribution in [0.15, 0.2) is 40.8 Å². The molecule has 2 heterocycles. The summed E-state index contributed by atoms with van der Waals surface area (Å²) >= 11 is 0. The van der Waals surface area contributed by atoms with Gasteiger partial charge in [-0.15, -0.1) is 17.5 Å². The van der Waals surface area contributed by atoms with Crippen LogP contribution >= 0.6 is 12.4 Å². The Balaban J connectivity index is 0.00000280. The van der Waals surface area contributed by atoms with Gasteiger partial charge in [0, 0.05) is 25.1 Å². The third-order valence-electron chi connectivity index (χ3n) is 4.57. The summed E-state index contributed by atoms with van der Waals surface area (Å²) in [5.41, 5.74) is 2.44. The predicted molar refractivity (Wildman–Crippen MR) is 111 cm³/mol. The highest BCUT2D eigenvalue weighted by Crippen LogP contribution is 2.23. The number of amides is 1. The SMILES string of the molecule is CN(C)Cc1cc2c(o1)CCN(OC(=O)NCCCCc1ccccc1)C2.Cl. The van der Waals surface area contributed by atoms with Crippen molar-refractivity contribution in [1.29, 1.82) is 0 Å². The minimum atomic E-state index is -0.379. The fourth-order valence-corrected chi connectivity index (χ4v) is 3.28. The topological polar surface area (TPSA) is 58.0 Å². The van der Waals surface area contributed by atoms with E-state index in [-0.39, 0.29) is 18.5 Å². The van der Waals surface area contributed by atoms with Crippen LogP contribution in [0.2, 0.25) is 0 Å². The first-order chi connectivity index (χ1) is 13.1. The number of fused-ring (bicyclic) bond motifs is 1. The Labute approximate surface area is 173 Å². The highest BCUT2D eigenvalue weighted by Gasteiger charge is 2.23. The van der Waals surface area contributed by atoms with Crippen LogP contribution in [-0.2, 0) is 30.8 Å². The van der Waals surface area contributed by atoms with Crippen LogP contribution in [0.25, 0.3) is 0 Å². The fourth-order valence-electron chi connectivity index (χ4n) is 3.28. The van der Waals surface area contributed by atoms with E-state index in [0.717, 1.165) is 49.3 Å². The quantitative estimate of drug-likeness (QED) is 0.675. The van der Waals surface area contributed by atoms with Crippen LogP contribution < -0.4 is 5.32 Å². The lowest BCUT2D eigenvalue weighted by Crippen LogP contribution is -2.37. The van der Waals surface area contributed by atoms with Gasteiger partial charge in [-0.05, 0) is 45.0 Å². The van der Waals surface area contributed by atoms with Crippen molar-refractivity contribution in [3.05, 3.63) is 59.0 Å². The van der Waals surface area contributed by atoms with Gasteiger partial charge in [0.05, 0.1) is 13.1 Å². The van der Waals surface area contributed by atoms with Crippen molar-refractivity contribution >= 4 is 18.5 Å². The van der Waals surface area contributed by atoms with E-state index in [2.05, 4.69) is 40.5 Å². The molecule has 0 unspecified atom stereocenters. The summed E-state index contributed by atoms with van der Waals surface area (Å²) in [6, 6.07) is 12.5. The number of rotatable bonds is 8. The largest absolute Gasteiger partial charge is 0.464 e. The van der Waals surface area contributed by atoms with Gasteiger partial charge in [0.2, 0.25) is 0 Å². The first-order valence-corrected chi connectivity index (χ1v) is 9.60. The smallest absolute Gasteiger partial charge is 0.426 e. The van der Waals surface area contributed by atoms with E-state index >= 15 is 0 Å². The zero-order chi connectivity index (χ0) is 19.1. The standard InChI is InChI=1S/C21H29N3O3.ClH/c1-23(2)16-19-14-18-15-24(13-11-20(18)26-19)27-21(25)22-12-7-6-10-17-8-4-3-5-9-17;/h3-5,8-9,14H,6-7,10-13,15-16H2,1-2H3,(H,22,25);1H. The van der Waals surface area contributed by atoms with Crippen molar-refractivity contribution in [2.75, 3.05) is 27.2 Å². The molecule has 7 heteroatoms. The molecular weight excluding hydrogens is 378 g/mol. The lowest BCUT2D eigenvalue weighted by molar-refractivity contribution is -0.112. The molecule has 28 heavy (non-hydrogen) atoms. The molecule has 0 aliphatic carbocycles. The molecule has 0 radical (unpaired) electrons. The molecule has 0 bridgehead atoms. The normalized spacial score (nSPS) is 13.7. The Morgan fingerprint density at radius 3 is 2.79 bits per heavy atom. The number of carbonyl (C=O) groups is 1. The van der Waals surface area contributed by atoms with Crippen LogP contribution in [0.5, 0.6) is 0 Å². The average Bonchev–Trinajstić information content (AvgIpc) is 3.03. The summed E-state index contributed by atoms with van der Waals surface area (Å²) in [7, 11) is 4.03. The van der Waals surface area contributed by atoms with E-state index < -0.39 is 0 Å². The molecule has 1 aromatic carbocycles. The zero-order valence-corrected chi connectivity index (χ0v) is 17.5. The molecule has 1 aliphatic heterocycles. The van der Waals surface area contributed by atoms with Crippen molar-refractivity contribution in [2.45, 2.75) is 38.8 Å². The number of hydroxylamine groups is 2. The summed E-state index contributed by atoms with van der Waals surface area (Å²) in [6.45, 7) is 2.64. The van der Waals surface area contributed by atoms with Crippen molar-refractivity contribution < 1.29 is 14.0 Å². The predicted octanol–water partition coefficient (Wildman–Crippen LogP) is 3.79. The number of hydrogen-bond donors (Lipinski definition) is 1. The van der Waals surface area contributed by atoms with Gasteiger partial charge in [-0.2, -0.15) is 0 Å². The second-order valence-corrected chi connectivity index (χ2v) is 7.26. The van der Waals surface area contributed by atoms with Gasteiger partial charge in [-0.25, -0.2) is 4.79 Å². The van der Waals surface area contributed by atoms with Crippen LogP contribution in [0, 0.1) is 0 Å². The van der Waals surface area contributed by atoms with Crippen molar-refractivity contribution in [1.82, 2.24) is 15.3 Å². The third kappa shape index (κ3) is 6.86. The number of benzene rings is 1. The fraction of sp³-hybridized carbons (Fsp3) is 0.476. The number of unbranched alkanes of at least 4 members (excludes halogenated alkanes) is 1. The van der Waals surface area contributed by atoms with Gasteiger partial charge in [0.15, 0.2) is 0 Å². The molecule has 154 valence electrons. The minimum absolute atomic E-state index is 0. The lowest BCUT2D eigenvalue weighted by atomic mass is 10.1. The van der Waals surface area contributed by atoms with Crippen LogP contribution in [-0.4, -0.2) is 43.2 Å². The highest BCUT2D eigenvalue weighted by molar-refractivity contribution is 5.85. The third-order valence-corrected chi connectivity index (χ3v) is 4.57. The molecule has 0 saturated carbocycles. The second kappa shape index (κ2) is 11.1. The van der Waals surface area contributed by atoms with E-state index in [9.17, 15) is 4.79 Å². The number of hydrogen-bond acceptors (Lipinski definition) is 5. The molecule has 1 N–H and O–H groups in total. The molecule has 3 rings (SSSR count). The molecule has 0 fully saturated rings. The molecule has 6 nitrogen and oxygen atoms in total. The average molecular weight is 408 g/mol. The van der Waals surface area contributed by atoms with E-state index in [0.29, 0.717) is 19.6 Å². The lowest BCUT2D eigenvalue weighted by Gasteiger charge is -2.24. The van der Waals surface area contributed by atoms with E-state index in [4.69, 9.17) is 9.25 Å². The maximum atomic E-state index is 12.0. The summed E-state index contributed by atoms with van der Waals surface area (Å²) in [5, 5.41) is 4.54. The van der Waals surface area contributed by atoms with Crippen molar-refractivity contribution in [3.63, 3.8) is 0 Å². The van der Waals surface area contributed by atoms with E-state index in [1.807, 2.05) is 20.2 Å². The maximum absolute atomic E-state index is 12.0. The van der Waals surface area contributed by atoms with Gasteiger partial charge >= 0.3 is 6.09 Å². The van der Waals surface area contributed by atoms with Crippen LogP contribution in [0.3, 0.4) is 0 Å². The summed E-state index contributed by atoms with van der Waals surface area (Å²) in [5.74, 6) is 1.96. The minimum Gasteiger partial charge on any atom is -0.464 e. The molecule has 1 aliphatic rings. The first kappa shape index (κ1) is 22.3. The maximum Gasteiger partial charge on any atom is 0.426 e. The zero-order valence-electron chi connectivity index (χ0n) is 16.6. The summed E-state index contributed by atoms with van der Waals surface area (Å²) in [4.78, 5) is 19.5. The first-order valence-electron chi connectivity index (χ1n) is 9.60. The summed E-state index contributed by atoms with van der Waals surface area (Å²) in [6.07, 6.45) is 3.38. The monoisotopic (exact) mass is 407 g/mol. The molecular formula is C21H30ClN3O3. The Kier molecular flexibility index (Phi) is 8.83. The van der Waals surface area contributed by atoms with Crippen LogP contribution in [0.1, 0.15) is 35.5 Å². The molecule has 0 atom stereocenters. The van der Waals surface area contributed by atoms with E-state index in [1.54, 1.807) is 5.06 Å². The van der Waals surface area contributed by atoms with Gasteiger partial charge in [0.25, 0.3) is 0 Å². The Bertz CT molecular complexity index is 734. The molecule has 0 saturated heterocycles. The number of aryl methyl sites for hydroxylation is 1. The molecule has 0 spiro atoms. The number of nitrogens with one attached hydrogen (secondary N) is 1. The Hall–Kier alpha value is -2.02. The number of furan rings is 1. The van der Waals surface area contributed by atoms with Gasteiger partial charge in [-0.3, -0.25) is 0 Å². The van der Waals surface area contributed by atoms with Gasteiger partial charge in [-0.1, -0.05) is 30.3 Å². The van der Waals surface area contributed by atoms with Gasteiger partial charge in [0.1, 0.15) is 11.5 Å². The Morgan fingerprint density at radius 1 is 1.25 bits per heavy atom. The highest BCUT2D eigenvalue weighted by atomic mass is 35.5. The summed E-state index contributed by atoms with van der Waals surface area (Å²) < 4.78 is 5.87. The van der Waals surface area contributed by atoms with E-state index in [1.165, 1.54) is 5.56 Å².